The molecule has 1 heterocycles. The molecule has 0 saturated carbocycles. The van der Waals surface area contributed by atoms with Crippen LogP contribution in [0.1, 0.15) is 0 Å². The molecule has 0 unspecified atom stereocenters. The minimum Gasteiger partial charge on any atom is -0.490 e. The van der Waals surface area contributed by atoms with E-state index in [0.717, 1.165) is 0 Å². The second-order valence-electron chi connectivity index (χ2n) is 3.28. The van der Waals surface area contributed by atoms with Crippen molar-refractivity contribution >= 4 is 0 Å². The number of H-pyrrole nitrogens is 1. The summed E-state index contributed by atoms with van der Waals surface area (Å²) in [7, 11) is 1.25. The predicted octanol–water partition coefficient (Wildman–Crippen LogP) is 1.29. The molecule has 2 N–H and O–H groups in total. The van der Waals surface area contributed by atoms with Crippen molar-refractivity contribution in [2.75, 3.05) is 7.11 Å². The average molecular weight is 236 g/mol. The van der Waals surface area contributed by atoms with Gasteiger partial charge in [0, 0.05) is 5.56 Å². The highest BCUT2D eigenvalue weighted by Gasteiger charge is 2.11. The summed E-state index contributed by atoms with van der Waals surface area (Å²) in [5.41, 5.74) is -0.110. The third kappa shape index (κ3) is 2.10. The van der Waals surface area contributed by atoms with Crippen molar-refractivity contribution in [2.45, 2.75) is 0 Å². The zero-order chi connectivity index (χ0) is 12.4. The van der Waals surface area contributed by atoms with Crippen LogP contribution in [0.2, 0.25) is 0 Å². The van der Waals surface area contributed by atoms with E-state index in [0.29, 0.717) is 5.56 Å². The Labute approximate surface area is 95.5 Å². The number of nitrogens with one attached hydrogen (secondary N) is 1. The van der Waals surface area contributed by atoms with Crippen LogP contribution in [0.25, 0.3) is 11.4 Å². The molecule has 0 atom stereocenters. The Bertz CT molecular complexity index is 593. The number of ether oxygens (including phenoxy) is 1. The van der Waals surface area contributed by atoms with Gasteiger partial charge in [0.2, 0.25) is 5.75 Å². The van der Waals surface area contributed by atoms with E-state index in [2.05, 4.69) is 14.7 Å². The van der Waals surface area contributed by atoms with Crippen LogP contribution in [0, 0.1) is 5.82 Å². The number of nitrogens with zero attached hydrogens (tertiary/aromatic N) is 1. The van der Waals surface area contributed by atoms with E-state index in [1.54, 1.807) is 0 Å². The molecule has 0 fully saturated rings. The van der Waals surface area contributed by atoms with Crippen molar-refractivity contribution in [1.82, 2.24) is 9.97 Å². The van der Waals surface area contributed by atoms with Gasteiger partial charge in [-0.05, 0) is 24.3 Å². The van der Waals surface area contributed by atoms with Gasteiger partial charge in [0.15, 0.2) is 0 Å². The Morgan fingerprint density at radius 1 is 1.35 bits per heavy atom. The second-order valence-corrected chi connectivity index (χ2v) is 3.28. The summed E-state index contributed by atoms with van der Waals surface area (Å²) in [6, 6.07) is 5.35. The summed E-state index contributed by atoms with van der Waals surface area (Å²) in [5, 5.41) is 9.46. The van der Waals surface area contributed by atoms with Crippen LogP contribution in [0.15, 0.2) is 29.1 Å². The Morgan fingerprint density at radius 2 is 2.00 bits per heavy atom. The fourth-order valence-corrected chi connectivity index (χ4v) is 1.38. The van der Waals surface area contributed by atoms with Crippen LogP contribution in [-0.4, -0.2) is 22.2 Å². The van der Waals surface area contributed by atoms with Crippen molar-refractivity contribution in [3.8, 4) is 23.0 Å². The highest BCUT2D eigenvalue weighted by molar-refractivity contribution is 5.55. The number of aromatic hydroxyl groups is 1. The summed E-state index contributed by atoms with van der Waals surface area (Å²) >= 11 is 0. The number of rotatable bonds is 2. The SMILES string of the molecule is COc1c(O)nc(-c2ccc(F)cc2)[nH]c1=O. The van der Waals surface area contributed by atoms with Crippen LogP contribution < -0.4 is 10.3 Å². The molecule has 0 aliphatic rings. The number of benzene rings is 1. The van der Waals surface area contributed by atoms with Gasteiger partial charge in [-0.3, -0.25) is 4.79 Å². The van der Waals surface area contributed by atoms with Crippen LogP contribution in [0.4, 0.5) is 4.39 Å². The fourth-order valence-electron chi connectivity index (χ4n) is 1.38. The van der Waals surface area contributed by atoms with Gasteiger partial charge < -0.3 is 14.8 Å². The molecule has 0 spiro atoms. The van der Waals surface area contributed by atoms with E-state index in [1.165, 1.54) is 31.4 Å². The van der Waals surface area contributed by atoms with Gasteiger partial charge in [-0.25, -0.2) is 4.39 Å². The number of aromatic amines is 1. The number of methoxy groups -OCH3 is 1. The highest BCUT2D eigenvalue weighted by Crippen LogP contribution is 2.21. The van der Waals surface area contributed by atoms with Crippen molar-refractivity contribution in [1.29, 1.82) is 0 Å². The molecular formula is C11H9FN2O3. The van der Waals surface area contributed by atoms with E-state index in [9.17, 15) is 14.3 Å². The first-order chi connectivity index (χ1) is 8.11. The molecule has 2 aromatic rings. The second kappa shape index (κ2) is 4.25. The van der Waals surface area contributed by atoms with Crippen molar-refractivity contribution in [3.05, 3.63) is 40.4 Å². The normalized spacial score (nSPS) is 10.2. The Hall–Kier alpha value is -2.37. The molecule has 0 aliphatic heterocycles. The molecule has 1 aromatic heterocycles. The quantitative estimate of drug-likeness (QED) is 0.823. The van der Waals surface area contributed by atoms with Crippen LogP contribution in [-0.2, 0) is 0 Å². The summed E-state index contributed by atoms with van der Waals surface area (Å²) < 4.78 is 17.4. The maximum absolute atomic E-state index is 12.7. The van der Waals surface area contributed by atoms with E-state index in [4.69, 9.17) is 0 Å². The van der Waals surface area contributed by atoms with E-state index >= 15 is 0 Å². The summed E-state index contributed by atoms with van der Waals surface area (Å²) in [4.78, 5) is 17.7. The van der Waals surface area contributed by atoms with Gasteiger partial charge in [-0.15, -0.1) is 0 Å². The molecule has 17 heavy (non-hydrogen) atoms. The molecule has 0 saturated heterocycles. The van der Waals surface area contributed by atoms with Gasteiger partial charge in [0.25, 0.3) is 11.4 Å². The lowest BCUT2D eigenvalue weighted by Gasteiger charge is -2.04. The number of hydrogen-bond donors (Lipinski definition) is 2. The lowest BCUT2D eigenvalue weighted by Crippen LogP contribution is -2.11. The van der Waals surface area contributed by atoms with Gasteiger partial charge in [0.05, 0.1) is 7.11 Å². The number of hydrogen-bond acceptors (Lipinski definition) is 4. The molecule has 0 radical (unpaired) electrons. The highest BCUT2D eigenvalue weighted by atomic mass is 19.1. The molecule has 0 aliphatic carbocycles. The Morgan fingerprint density at radius 3 is 2.53 bits per heavy atom. The van der Waals surface area contributed by atoms with Gasteiger partial charge in [-0.1, -0.05) is 0 Å². The summed E-state index contributed by atoms with van der Waals surface area (Å²) in [6.07, 6.45) is 0. The zero-order valence-electron chi connectivity index (χ0n) is 8.90. The van der Waals surface area contributed by atoms with Crippen LogP contribution >= 0.6 is 0 Å². The molecule has 88 valence electrons. The first-order valence-electron chi connectivity index (χ1n) is 4.75. The maximum Gasteiger partial charge on any atom is 0.297 e. The standard InChI is InChI=1S/C11H9FN2O3/c1-17-8-10(15)13-9(14-11(8)16)6-2-4-7(12)5-3-6/h2-5H,1H3,(H2,13,14,15,16). The van der Waals surface area contributed by atoms with Crippen molar-refractivity contribution in [2.24, 2.45) is 0 Å². The van der Waals surface area contributed by atoms with Gasteiger partial charge >= 0.3 is 0 Å². The minimum absolute atomic E-state index is 0.147. The zero-order valence-corrected chi connectivity index (χ0v) is 8.90. The summed E-state index contributed by atoms with van der Waals surface area (Å²) in [5.74, 6) is -1.01. The molecule has 0 amide bonds. The fraction of sp³-hybridized carbons (Fsp3) is 0.0909. The lowest BCUT2D eigenvalue weighted by molar-refractivity contribution is 0.357. The smallest absolute Gasteiger partial charge is 0.297 e. The third-order valence-corrected chi connectivity index (χ3v) is 2.18. The largest absolute Gasteiger partial charge is 0.490 e. The first-order valence-corrected chi connectivity index (χ1v) is 4.75. The molecule has 6 heteroatoms. The van der Waals surface area contributed by atoms with Crippen molar-refractivity contribution in [3.63, 3.8) is 0 Å². The van der Waals surface area contributed by atoms with Crippen LogP contribution in [0.5, 0.6) is 11.6 Å². The van der Waals surface area contributed by atoms with Crippen LogP contribution in [0.3, 0.4) is 0 Å². The molecule has 1 aromatic carbocycles. The molecule has 0 bridgehead atoms. The maximum atomic E-state index is 12.7. The molecule has 2 rings (SSSR count). The van der Waals surface area contributed by atoms with E-state index < -0.39 is 17.3 Å². The number of aromatic nitrogens is 2. The Kier molecular flexibility index (Phi) is 2.78. The van der Waals surface area contributed by atoms with E-state index in [1.807, 2.05) is 0 Å². The van der Waals surface area contributed by atoms with E-state index in [-0.39, 0.29) is 11.6 Å². The first kappa shape index (κ1) is 11.1. The van der Waals surface area contributed by atoms with Gasteiger partial charge in [-0.2, -0.15) is 4.98 Å². The van der Waals surface area contributed by atoms with Gasteiger partial charge in [0.1, 0.15) is 11.6 Å². The predicted molar refractivity (Wildman–Crippen MR) is 58.5 cm³/mol. The lowest BCUT2D eigenvalue weighted by atomic mass is 10.2. The average Bonchev–Trinajstić information content (AvgIpc) is 2.29. The Balaban J connectivity index is 2.54. The monoisotopic (exact) mass is 236 g/mol. The van der Waals surface area contributed by atoms with Crippen molar-refractivity contribution < 1.29 is 14.2 Å². The topological polar surface area (TPSA) is 75.2 Å². The molecule has 5 nitrogen and oxygen atoms in total. The number of halogens is 1. The third-order valence-electron chi connectivity index (χ3n) is 2.18. The minimum atomic E-state index is -0.598. The summed E-state index contributed by atoms with van der Waals surface area (Å²) in [6.45, 7) is 0. The molecular weight excluding hydrogens is 227 g/mol.